The standard InChI is InChI=1S/C6H8O8P2/c7-15(8,9)13-5-2-1-3-6(4-5)14-16(10,11)12/h1-4H,(H2,7,8,9)(H2,10,11,12)/p-4. The SMILES string of the molecule is O=P([O-])([O-])Oc1cccc(OP(=O)([O-])[O-])c1. The summed E-state index contributed by atoms with van der Waals surface area (Å²) in [7, 11) is -10.5. The van der Waals surface area contributed by atoms with E-state index in [1.165, 1.54) is 0 Å². The highest BCUT2D eigenvalue weighted by Gasteiger charge is 2.01. The highest BCUT2D eigenvalue weighted by atomic mass is 31.2. The quantitative estimate of drug-likeness (QED) is 0.574. The summed E-state index contributed by atoms with van der Waals surface area (Å²) in [4.78, 5) is 40.9. The van der Waals surface area contributed by atoms with Crippen molar-refractivity contribution in [2.24, 2.45) is 0 Å². The van der Waals surface area contributed by atoms with Gasteiger partial charge in [0.25, 0.3) is 0 Å². The van der Waals surface area contributed by atoms with Gasteiger partial charge in [0, 0.05) is 6.07 Å². The van der Waals surface area contributed by atoms with E-state index in [1.54, 1.807) is 0 Å². The maximum absolute atomic E-state index is 10.2. The summed E-state index contributed by atoms with van der Waals surface area (Å²) in [5.41, 5.74) is 0. The molecule has 0 aromatic heterocycles. The van der Waals surface area contributed by atoms with E-state index in [9.17, 15) is 28.7 Å². The number of phosphoric acid groups is 2. The van der Waals surface area contributed by atoms with Crippen LogP contribution in [-0.2, 0) is 9.13 Å². The zero-order valence-corrected chi connectivity index (χ0v) is 9.26. The largest absolute Gasteiger partial charge is 0.780 e. The van der Waals surface area contributed by atoms with Crippen molar-refractivity contribution in [3.05, 3.63) is 24.3 Å². The predicted octanol–water partition coefficient (Wildman–Crippen LogP) is -1.90. The van der Waals surface area contributed by atoms with Gasteiger partial charge < -0.3 is 37.8 Å². The lowest BCUT2D eigenvalue weighted by Gasteiger charge is -2.31. The fourth-order valence-electron chi connectivity index (χ4n) is 0.846. The maximum Gasteiger partial charge on any atom is 0.128 e. The average Bonchev–Trinajstić information content (AvgIpc) is 1.96. The van der Waals surface area contributed by atoms with Gasteiger partial charge in [0.1, 0.15) is 27.1 Å². The van der Waals surface area contributed by atoms with Crippen LogP contribution in [0.25, 0.3) is 0 Å². The summed E-state index contributed by atoms with van der Waals surface area (Å²) in [5, 5.41) is 0. The van der Waals surface area contributed by atoms with E-state index in [0.717, 1.165) is 24.3 Å². The second-order valence-corrected chi connectivity index (χ2v) is 4.71. The van der Waals surface area contributed by atoms with Crippen LogP contribution in [0.2, 0.25) is 0 Å². The van der Waals surface area contributed by atoms with Gasteiger partial charge in [-0.1, -0.05) is 6.07 Å². The van der Waals surface area contributed by atoms with Crippen molar-refractivity contribution in [2.45, 2.75) is 0 Å². The maximum atomic E-state index is 10.2. The normalized spacial score (nSPS) is 12.2. The van der Waals surface area contributed by atoms with Crippen molar-refractivity contribution < 1.29 is 37.8 Å². The molecule has 90 valence electrons. The minimum atomic E-state index is -5.24. The molecule has 1 aromatic rings. The van der Waals surface area contributed by atoms with E-state index in [2.05, 4.69) is 9.05 Å². The lowest BCUT2D eigenvalue weighted by molar-refractivity contribution is -0.335. The summed E-state index contributed by atoms with van der Waals surface area (Å²) < 4.78 is 28.3. The molecule has 0 saturated heterocycles. The van der Waals surface area contributed by atoms with Crippen molar-refractivity contribution in [1.29, 1.82) is 0 Å². The third kappa shape index (κ3) is 5.27. The molecule has 0 bridgehead atoms. The molecule has 0 saturated carbocycles. The summed E-state index contributed by atoms with van der Waals surface area (Å²) in [6.07, 6.45) is 0. The van der Waals surface area contributed by atoms with Gasteiger partial charge in [-0.05, 0) is 12.1 Å². The molecule has 0 aliphatic heterocycles. The van der Waals surface area contributed by atoms with E-state index >= 15 is 0 Å². The highest BCUT2D eigenvalue weighted by Crippen LogP contribution is 2.34. The summed E-state index contributed by atoms with van der Waals surface area (Å²) in [6, 6.07) is 4.09. The Balaban J connectivity index is 2.88. The number of hydrogen-bond acceptors (Lipinski definition) is 8. The van der Waals surface area contributed by atoms with Crippen LogP contribution in [0.5, 0.6) is 11.5 Å². The smallest absolute Gasteiger partial charge is 0.128 e. The molecule has 16 heavy (non-hydrogen) atoms. The van der Waals surface area contributed by atoms with Gasteiger partial charge in [-0.2, -0.15) is 0 Å². The van der Waals surface area contributed by atoms with Crippen LogP contribution in [0.3, 0.4) is 0 Å². The molecule has 0 unspecified atom stereocenters. The monoisotopic (exact) mass is 266 g/mol. The first kappa shape index (κ1) is 13.2. The van der Waals surface area contributed by atoms with Crippen LogP contribution in [0.4, 0.5) is 0 Å². The molecule has 0 atom stereocenters. The van der Waals surface area contributed by atoms with Gasteiger partial charge in [-0.15, -0.1) is 0 Å². The molecular weight excluding hydrogens is 262 g/mol. The first-order valence-corrected chi connectivity index (χ1v) is 6.61. The average molecular weight is 266 g/mol. The van der Waals surface area contributed by atoms with Crippen LogP contribution in [0.15, 0.2) is 24.3 Å². The molecule has 1 rings (SSSR count). The summed E-state index contributed by atoms with van der Waals surface area (Å²) in [5.74, 6) is -0.890. The fourth-order valence-corrected chi connectivity index (χ4v) is 1.59. The van der Waals surface area contributed by atoms with Gasteiger partial charge in [0.05, 0.1) is 0 Å². The Morgan fingerprint density at radius 1 is 0.875 bits per heavy atom. The van der Waals surface area contributed by atoms with Crippen molar-refractivity contribution in [3.63, 3.8) is 0 Å². The van der Waals surface area contributed by atoms with Gasteiger partial charge >= 0.3 is 0 Å². The number of rotatable bonds is 4. The van der Waals surface area contributed by atoms with Gasteiger partial charge in [-0.25, -0.2) is 0 Å². The molecular formula is C6H4O8P2-4. The predicted molar refractivity (Wildman–Crippen MR) is 42.9 cm³/mol. The highest BCUT2D eigenvalue weighted by molar-refractivity contribution is 7.43. The van der Waals surface area contributed by atoms with Gasteiger partial charge in [-0.3, -0.25) is 0 Å². The zero-order chi connectivity index (χ0) is 12.4. The van der Waals surface area contributed by atoms with Gasteiger partial charge in [0.15, 0.2) is 0 Å². The molecule has 0 spiro atoms. The topological polar surface area (TPSA) is 145 Å². The molecule has 0 fully saturated rings. The summed E-state index contributed by atoms with van der Waals surface area (Å²) in [6.45, 7) is 0. The van der Waals surface area contributed by atoms with Crippen molar-refractivity contribution >= 4 is 15.6 Å². The van der Waals surface area contributed by atoms with Crippen molar-refractivity contribution in [3.8, 4) is 11.5 Å². The van der Waals surface area contributed by atoms with E-state index in [0.29, 0.717) is 0 Å². The van der Waals surface area contributed by atoms with Crippen molar-refractivity contribution in [1.82, 2.24) is 0 Å². The molecule has 10 heteroatoms. The number of phosphoric ester groups is 2. The lowest BCUT2D eigenvalue weighted by atomic mass is 10.3. The Morgan fingerprint density at radius 2 is 1.25 bits per heavy atom. The van der Waals surface area contributed by atoms with Crippen LogP contribution in [0.1, 0.15) is 0 Å². The second kappa shape index (κ2) is 4.55. The van der Waals surface area contributed by atoms with E-state index < -0.39 is 27.1 Å². The Bertz CT molecular complexity index is 420. The van der Waals surface area contributed by atoms with Crippen LogP contribution in [-0.4, -0.2) is 0 Å². The van der Waals surface area contributed by atoms with E-state index in [1.807, 2.05) is 0 Å². The van der Waals surface area contributed by atoms with Crippen LogP contribution in [0, 0.1) is 0 Å². The number of benzene rings is 1. The van der Waals surface area contributed by atoms with E-state index in [-0.39, 0.29) is 0 Å². The third-order valence-electron chi connectivity index (χ3n) is 1.24. The molecule has 0 radical (unpaired) electrons. The molecule has 0 amide bonds. The second-order valence-electron chi connectivity index (χ2n) is 2.55. The van der Waals surface area contributed by atoms with E-state index in [4.69, 9.17) is 0 Å². The Morgan fingerprint density at radius 3 is 1.56 bits per heavy atom. The zero-order valence-electron chi connectivity index (χ0n) is 7.47. The fraction of sp³-hybridized carbons (Fsp3) is 0. The third-order valence-corrected chi connectivity index (χ3v) is 2.11. The Kier molecular flexibility index (Phi) is 3.75. The summed E-state index contributed by atoms with van der Waals surface area (Å²) >= 11 is 0. The van der Waals surface area contributed by atoms with Crippen LogP contribution < -0.4 is 28.6 Å². The Labute approximate surface area is 89.9 Å². The minimum absolute atomic E-state index is 0.445. The number of hydrogen-bond donors (Lipinski definition) is 0. The van der Waals surface area contributed by atoms with Crippen LogP contribution >= 0.6 is 15.6 Å². The molecule has 1 aromatic carbocycles. The molecule has 0 aliphatic carbocycles. The Hall–Kier alpha value is -0.880. The minimum Gasteiger partial charge on any atom is -0.780 e. The first-order valence-electron chi connectivity index (χ1n) is 3.69. The lowest BCUT2D eigenvalue weighted by Crippen LogP contribution is -2.19. The van der Waals surface area contributed by atoms with Gasteiger partial charge in [0.2, 0.25) is 0 Å². The molecule has 0 N–H and O–H groups in total. The first-order chi connectivity index (χ1) is 7.16. The molecule has 0 aliphatic rings. The molecule has 0 heterocycles. The van der Waals surface area contributed by atoms with Crippen molar-refractivity contribution in [2.75, 3.05) is 0 Å². The molecule has 8 nitrogen and oxygen atoms in total.